The molecule has 23 heavy (non-hydrogen) atoms. The first-order valence-corrected chi connectivity index (χ1v) is 7.78. The van der Waals surface area contributed by atoms with Crippen molar-refractivity contribution in [2.75, 3.05) is 13.1 Å². The number of hydrogen-bond donors (Lipinski definition) is 1. The summed E-state index contributed by atoms with van der Waals surface area (Å²) in [5, 5.41) is 4.34. The van der Waals surface area contributed by atoms with Crippen molar-refractivity contribution >= 4 is 28.5 Å². The second-order valence-corrected chi connectivity index (χ2v) is 5.57. The highest BCUT2D eigenvalue weighted by Crippen LogP contribution is 2.29. The van der Waals surface area contributed by atoms with Gasteiger partial charge in [-0.1, -0.05) is 31.2 Å². The van der Waals surface area contributed by atoms with E-state index in [9.17, 15) is 14.4 Å². The zero-order valence-electron chi connectivity index (χ0n) is 13.0. The molecule has 0 bridgehead atoms. The zero-order chi connectivity index (χ0) is 16.4. The molecule has 0 fully saturated rings. The average Bonchev–Trinajstić information content (AvgIpc) is 2.56. The number of benzene rings is 2. The Hall–Kier alpha value is -2.69. The van der Waals surface area contributed by atoms with Gasteiger partial charge in [-0.05, 0) is 23.9 Å². The quantitative estimate of drug-likeness (QED) is 0.862. The predicted octanol–water partition coefficient (Wildman–Crippen LogP) is 2.35. The maximum atomic E-state index is 12.6. The monoisotopic (exact) mass is 310 g/mol. The molecule has 5 heteroatoms. The largest absolute Gasteiger partial charge is 0.354 e. The molecule has 3 rings (SSSR count). The Morgan fingerprint density at radius 3 is 2.22 bits per heavy atom. The van der Waals surface area contributed by atoms with Crippen LogP contribution in [0.3, 0.4) is 0 Å². The van der Waals surface area contributed by atoms with Gasteiger partial charge in [0.1, 0.15) is 0 Å². The van der Waals surface area contributed by atoms with E-state index >= 15 is 0 Å². The lowest BCUT2D eigenvalue weighted by Crippen LogP contribution is -2.44. The Morgan fingerprint density at radius 2 is 1.65 bits per heavy atom. The minimum atomic E-state index is -0.302. The number of amides is 3. The van der Waals surface area contributed by atoms with E-state index in [1.165, 1.54) is 4.90 Å². The molecule has 3 amide bonds. The van der Waals surface area contributed by atoms with Crippen LogP contribution in [0.2, 0.25) is 0 Å². The normalized spacial score (nSPS) is 13.5. The molecule has 0 radical (unpaired) electrons. The van der Waals surface area contributed by atoms with Gasteiger partial charge >= 0.3 is 0 Å². The van der Waals surface area contributed by atoms with E-state index in [1.54, 1.807) is 12.1 Å². The van der Waals surface area contributed by atoms with E-state index < -0.39 is 0 Å². The Kier molecular flexibility index (Phi) is 4.10. The summed E-state index contributed by atoms with van der Waals surface area (Å²) in [6.07, 6.45) is 1.22. The molecule has 1 aliphatic rings. The summed E-state index contributed by atoms with van der Waals surface area (Å²) in [7, 11) is 0. The molecule has 1 heterocycles. The number of rotatable bonds is 5. The van der Waals surface area contributed by atoms with Crippen LogP contribution in [0.25, 0.3) is 10.8 Å². The molecule has 0 atom stereocenters. The fourth-order valence-electron chi connectivity index (χ4n) is 2.91. The Labute approximate surface area is 134 Å². The molecule has 0 unspecified atom stereocenters. The Balaban J connectivity index is 1.84. The highest BCUT2D eigenvalue weighted by atomic mass is 16.2. The van der Waals surface area contributed by atoms with Gasteiger partial charge in [0.2, 0.25) is 5.91 Å². The second kappa shape index (κ2) is 6.20. The van der Waals surface area contributed by atoms with Gasteiger partial charge in [-0.15, -0.1) is 0 Å². The molecule has 1 aliphatic heterocycles. The number of hydrogen-bond acceptors (Lipinski definition) is 3. The first kappa shape index (κ1) is 15.2. The molecule has 2 aromatic rings. The lowest BCUT2D eigenvalue weighted by atomic mass is 9.94. The lowest BCUT2D eigenvalue weighted by Gasteiger charge is -2.27. The van der Waals surface area contributed by atoms with Gasteiger partial charge in [-0.3, -0.25) is 19.3 Å². The fraction of sp³-hybridized carbons (Fsp3) is 0.278. The first-order chi connectivity index (χ1) is 11.1. The fourth-order valence-corrected chi connectivity index (χ4v) is 2.91. The zero-order valence-corrected chi connectivity index (χ0v) is 13.0. The van der Waals surface area contributed by atoms with Crippen molar-refractivity contribution in [3.8, 4) is 0 Å². The van der Waals surface area contributed by atoms with Crippen LogP contribution in [-0.4, -0.2) is 35.7 Å². The molecule has 2 aromatic carbocycles. The van der Waals surface area contributed by atoms with E-state index in [2.05, 4.69) is 5.32 Å². The topological polar surface area (TPSA) is 66.5 Å². The highest BCUT2D eigenvalue weighted by Gasteiger charge is 2.32. The number of carbonyl (C=O) groups excluding carboxylic acids is 3. The van der Waals surface area contributed by atoms with Crippen LogP contribution in [0.15, 0.2) is 36.4 Å². The van der Waals surface area contributed by atoms with Gasteiger partial charge in [0, 0.05) is 36.0 Å². The third-order valence-corrected chi connectivity index (χ3v) is 3.99. The number of nitrogens with one attached hydrogen (secondary N) is 1. The van der Waals surface area contributed by atoms with Crippen LogP contribution >= 0.6 is 0 Å². The van der Waals surface area contributed by atoms with Gasteiger partial charge < -0.3 is 5.32 Å². The maximum Gasteiger partial charge on any atom is 0.261 e. The summed E-state index contributed by atoms with van der Waals surface area (Å²) in [6, 6.07) is 10.9. The minimum absolute atomic E-state index is 0.0630. The molecule has 0 saturated carbocycles. The van der Waals surface area contributed by atoms with Crippen LogP contribution < -0.4 is 5.32 Å². The van der Waals surface area contributed by atoms with Crippen molar-refractivity contribution in [3.05, 3.63) is 47.5 Å². The molecular formula is C18H18N2O3. The van der Waals surface area contributed by atoms with Crippen molar-refractivity contribution in [2.45, 2.75) is 19.8 Å². The summed E-state index contributed by atoms with van der Waals surface area (Å²) in [4.78, 5) is 37.9. The predicted molar refractivity (Wildman–Crippen MR) is 87.2 cm³/mol. The third-order valence-electron chi connectivity index (χ3n) is 3.99. The number of nitrogens with zero attached hydrogens (tertiary/aromatic N) is 1. The third kappa shape index (κ3) is 2.70. The average molecular weight is 310 g/mol. The second-order valence-electron chi connectivity index (χ2n) is 5.57. The van der Waals surface area contributed by atoms with E-state index in [0.29, 0.717) is 17.5 Å². The van der Waals surface area contributed by atoms with Crippen LogP contribution in [0.1, 0.15) is 40.5 Å². The summed E-state index contributed by atoms with van der Waals surface area (Å²) < 4.78 is 0. The highest BCUT2D eigenvalue weighted by molar-refractivity contribution is 6.25. The van der Waals surface area contributed by atoms with Crippen LogP contribution in [0.5, 0.6) is 0 Å². The molecule has 0 aromatic heterocycles. The Morgan fingerprint density at radius 1 is 1.04 bits per heavy atom. The summed E-state index contributed by atoms with van der Waals surface area (Å²) in [6.45, 7) is 2.38. The van der Waals surface area contributed by atoms with Crippen LogP contribution in [0, 0.1) is 0 Å². The van der Waals surface area contributed by atoms with Gasteiger partial charge in [-0.2, -0.15) is 0 Å². The smallest absolute Gasteiger partial charge is 0.261 e. The SMILES string of the molecule is CCCC(=O)NCCN1C(=O)c2cccc3cccc(c23)C1=O. The summed E-state index contributed by atoms with van der Waals surface area (Å²) >= 11 is 0. The molecular weight excluding hydrogens is 292 g/mol. The minimum Gasteiger partial charge on any atom is -0.354 e. The van der Waals surface area contributed by atoms with Crippen molar-refractivity contribution < 1.29 is 14.4 Å². The van der Waals surface area contributed by atoms with Gasteiger partial charge in [0.25, 0.3) is 11.8 Å². The molecule has 118 valence electrons. The lowest BCUT2D eigenvalue weighted by molar-refractivity contribution is -0.121. The van der Waals surface area contributed by atoms with E-state index in [1.807, 2.05) is 31.2 Å². The van der Waals surface area contributed by atoms with Crippen molar-refractivity contribution in [3.63, 3.8) is 0 Å². The molecule has 0 saturated heterocycles. The number of imide groups is 1. The van der Waals surface area contributed by atoms with Crippen molar-refractivity contribution in [1.29, 1.82) is 0 Å². The van der Waals surface area contributed by atoms with E-state index in [0.717, 1.165) is 17.2 Å². The van der Waals surface area contributed by atoms with Crippen molar-refractivity contribution in [1.82, 2.24) is 10.2 Å². The maximum absolute atomic E-state index is 12.6. The van der Waals surface area contributed by atoms with E-state index in [-0.39, 0.29) is 30.8 Å². The van der Waals surface area contributed by atoms with Gasteiger partial charge in [0.15, 0.2) is 0 Å². The van der Waals surface area contributed by atoms with Gasteiger partial charge in [0.05, 0.1) is 0 Å². The van der Waals surface area contributed by atoms with Crippen molar-refractivity contribution in [2.24, 2.45) is 0 Å². The number of carbonyl (C=O) groups is 3. The molecule has 0 spiro atoms. The molecule has 1 N–H and O–H groups in total. The standard InChI is InChI=1S/C18H18N2O3/c1-2-5-15(21)19-10-11-20-17(22)13-8-3-6-12-7-4-9-14(16(12)13)18(20)23/h3-4,6-9H,2,5,10-11H2,1H3,(H,19,21). The summed E-state index contributed by atoms with van der Waals surface area (Å²) in [5.41, 5.74) is 1.08. The summed E-state index contributed by atoms with van der Waals surface area (Å²) in [5.74, 6) is -0.667. The van der Waals surface area contributed by atoms with Crippen LogP contribution in [0.4, 0.5) is 0 Å². The Bertz CT molecular complexity index is 747. The van der Waals surface area contributed by atoms with Crippen LogP contribution in [-0.2, 0) is 4.79 Å². The molecule has 0 aliphatic carbocycles. The first-order valence-electron chi connectivity index (χ1n) is 7.78. The van der Waals surface area contributed by atoms with Gasteiger partial charge in [-0.25, -0.2) is 0 Å². The molecule has 5 nitrogen and oxygen atoms in total. The van der Waals surface area contributed by atoms with E-state index in [4.69, 9.17) is 0 Å².